The van der Waals surface area contributed by atoms with Crippen LogP contribution in [0.3, 0.4) is 0 Å². The van der Waals surface area contributed by atoms with E-state index in [-0.39, 0.29) is 11.8 Å². The van der Waals surface area contributed by atoms with Gasteiger partial charge in [-0.1, -0.05) is 0 Å². The lowest BCUT2D eigenvalue weighted by atomic mass is 9.94. The van der Waals surface area contributed by atoms with E-state index in [9.17, 15) is 9.59 Å². The van der Waals surface area contributed by atoms with Gasteiger partial charge in [-0.25, -0.2) is 0 Å². The highest BCUT2D eigenvalue weighted by molar-refractivity contribution is 6.16. The third-order valence-corrected chi connectivity index (χ3v) is 5.75. The molecule has 5 nitrogen and oxygen atoms in total. The number of rotatable bonds is 3. The number of carbonyl (C=O) groups is 2. The van der Waals surface area contributed by atoms with Crippen molar-refractivity contribution in [3.05, 3.63) is 23.8 Å². The van der Waals surface area contributed by atoms with Gasteiger partial charge in [0.15, 0.2) is 0 Å². The normalized spacial score (nSPS) is 22.2. The standard InChI is InChI=1S/C20H27N3O2/c24-19-4-1-5-20(25)23(19)17-6-7-18-16(13-17)3-2-12-22(18)14-15-8-10-21-11-9-15/h6-7,13,15,21H,1-5,8-12,14H2. The SMILES string of the molecule is O=C1CCCC(=O)N1c1ccc2c(c1)CCCN2CC1CCNCC1. The second-order valence-corrected chi connectivity index (χ2v) is 7.53. The molecule has 0 aliphatic carbocycles. The molecule has 0 atom stereocenters. The van der Waals surface area contributed by atoms with Crippen molar-refractivity contribution < 1.29 is 9.59 Å². The largest absolute Gasteiger partial charge is 0.371 e. The number of nitrogens with zero attached hydrogens (tertiary/aromatic N) is 2. The Kier molecular flexibility index (Phi) is 4.75. The number of anilines is 2. The third kappa shape index (κ3) is 3.43. The quantitative estimate of drug-likeness (QED) is 0.858. The van der Waals surface area contributed by atoms with Crippen LogP contribution >= 0.6 is 0 Å². The number of hydrogen-bond donors (Lipinski definition) is 1. The molecule has 0 aromatic heterocycles. The topological polar surface area (TPSA) is 52.7 Å². The van der Waals surface area contributed by atoms with Crippen LogP contribution in [0.1, 0.15) is 44.1 Å². The molecule has 1 N–H and O–H groups in total. The summed E-state index contributed by atoms with van der Waals surface area (Å²) >= 11 is 0. The van der Waals surface area contributed by atoms with Crippen LogP contribution in [0, 0.1) is 5.92 Å². The molecule has 5 heteroatoms. The van der Waals surface area contributed by atoms with Crippen LogP contribution in [0.25, 0.3) is 0 Å². The van der Waals surface area contributed by atoms with Gasteiger partial charge in [0.05, 0.1) is 5.69 Å². The Hall–Kier alpha value is -1.88. The monoisotopic (exact) mass is 341 g/mol. The Morgan fingerprint density at radius 2 is 1.76 bits per heavy atom. The zero-order chi connectivity index (χ0) is 17.2. The van der Waals surface area contributed by atoms with E-state index < -0.39 is 0 Å². The second kappa shape index (κ2) is 7.16. The Bertz CT molecular complexity index is 651. The van der Waals surface area contributed by atoms with Crippen molar-refractivity contribution in [3.63, 3.8) is 0 Å². The highest BCUT2D eigenvalue weighted by Gasteiger charge is 2.29. The van der Waals surface area contributed by atoms with Gasteiger partial charge in [-0.05, 0) is 74.9 Å². The highest BCUT2D eigenvalue weighted by atomic mass is 16.2. The van der Waals surface area contributed by atoms with Crippen LogP contribution in [-0.4, -0.2) is 38.0 Å². The molecule has 0 spiro atoms. The summed E-state index contributed by atoms with van der Waals surface area (Å²) in [6, 6.07) is 6.16. The van der Waals surface area contributed by atoms with Gasteiger partial charge in [-0.15, -0.1) is 0 Å². The number of imide groups is 1. The van der Waals surface area contributed by atoms with Gasteiger partial charge in [0.2, 0.25) is 11.8 Å². The van der Waals surface area contributed by atoms with Gasteiger partial charge in [0.1, 0.15) is 0 Å². The summed E-state index contributed by atoms with van der Waals surface area (Å²) in [6.07, 6.45) is 6.31. The van der Waals surface area contributed by atoms with E-state index in [1.54, 1.807) is 0 Å². The summed E-state index contributed by atoms with van der Waals surface area (Å²) in [5.41, 5.74) is 3.34. The molecular weight excluding hydrogens is 314 g/mol. The number of piperidine rings is 2. The van der Waals surface area contributed by atoms with E-state index in [0.29, 0.717) is 19.3 Å². The average Bonchev–Trinajstić information content (AvgIpc) is 2.62. The fraction of sp³-hybridized carbons (Fsp3) is 0.600. The Morgan fingerprint density at radius 3 is 2.52 bits per heavy atom. The van der Waals surface area contributed by atoms with Crippen molar-refractivity contribution in [2.45, 2.75) is 44.9 Å². The number of nitrogens with one attached hydrogen (secondary N) is 1. The zero-order valence-corrected chi connectivity index (χ0v) is 14.8. The van der Waals surface area contributed by atoms with Crippen LogP contribution in [0.15, 0.2) is 18.2 Å². The van der Waals surface area contributed by atoms with Crippen molar-refractivity contribution in [3.8, 4) is 0 Å². The average molecular weight is 341 g/mol. The third-order valence-electron chi connectivity index (χ3n) is 5.75. The molecule has 0 saturated carbocycles. The predicted molar refractivity (Wildman–Crippen MR) is 98.9 cm³/mol. The van der Waals surface area contributed by atoms with Crippen LogP contribution in [0.4, 0.5) is 11.4 Å². The fourth-order valence-corrected chi connectivity index (χ4v) is 4.41. The van der Waals surface area contributed by atoms with Crippen molar-refractivity contribution in [1.29, 1.82) is 0 Å². The van der Waals surface area contributed by atoms with Crippen molar-refractivity contribution in [2.75, 3.05) is 36.0 Å². The maximum atomic E-state index is 12.2. The number of amides is 2. The Labute approximate surface area is 149 Å². The van der Waals surface area contributed by atoms with Gasteiger partial charge >= 0.3 is 0 Å². The molecule has 0 bridgehead atoms. The fourth-order valence-electron chi connectivity index (χ4n) is 4.41. The first-order valence-electron chi connectivity index (χ1n) is 9.67. The lowest BCUT2D eigenvalue weighted by Crippen LogP contribution is -2.41. The number of carbonyl (C=O) groups excluding carboxylic acids is 2. The van der Waals surface area contributed by atoms with Gasteiger partial charge in [0.25, 0.3) is 0 Å². The van der Waals surface area contributed by atoms with E-state index in [1.165, 1.54) is 29.0 Å². The molecule has 2 fully saturated rings. The maximum Gasteiger partial charge on any atom is 0.233 e. The molecule has 0 radical (unpaired) electrons. The van der Waals surface area contributed by atoms with E-state index in [2.05, 4.69) is 22.3 Å². The molecule has 1 aromatic carbocycles. The first-order chi connectivity index (χ1) is 12.2. The molecule has 0 unspecified atom stereocenters. The minimum atomic E-state index is -0.0569. The number of fused-ring (bicyclic) bond motifs is 1. The molecule has 3 heterocycles. The molecule has 25 heavy (non-hydrogen) atoms. The first kappa shape index (κ1) is 16.6. The van der Waals surface area contributed by atoms with Crippen molar-refractivity contribution in [2.24, 2.45) is 5.92 Å². The lowest BCUT2D eigenvalue weighted by Gasteiger charge is -2.36. The molecule has 4 rings (SSSR count). The van der Waals surface area contributed by atoms with Gasteiger partial charge in [-0.3, -0.25) is 14.5 Å². The summed E-state index contributed by atoms with van der Waals surface area (Å²) in [5, 5.41) is 3.44. The van der Waals surface area contributed by atoms with Crippen LogP contribution in [-0.2, 0) is 16.0 Å². The molecule has 134 valence electrons. The number of aryl methyl sites for hydroxylation is 1. The summed E-state index contributed by atoms with van der Waals surface area (Å²) < 4.78 is 0. The maximum absolute atomic E-state index is 12.2. The van der Waals surface area contributed by atoms with Crippen LogP contribution in [0.5, 0.6) is 0 Å². The van der Waals surface area contributed by atoms with Gasteiger partial charge in [-0.2, -0.15) is 0 Å². The molecule has 2 amide bonds. The molecule has 3 aliphatic heterocycles. The van der Waals surface area contributed by atoms with E-state index in [0.717, 1.165) is 50.6 Å². The summed E-state index contributed by atoms with van der Waals surface area (Å²) in [6.45, 7) is 4.49. The summed E-state index contributed by atoms with van der Waals surface area (Å²) in [4.78, 5) is 28.3. The van der Waals surface area contributed by atoms with E-state index >= 15 is 0 Å². The summed E-state index contributed by atoms with van der Waals surface area (Å²) in [5.74, 6) is 0.647. The van der Waals surface area contributed by atoms with Gasteiger partial charge in [0, 0.05) is 31.6 Å². The van der Waals surface area contributed by atoms with E-state index in [1.807, 2.05) is 6.07 Å². The van der Waals surface area contributed by atoms with Crippen molar-refractivity contribution >= 4 is 23.2 Å². The number of hydrogen-bond acceptors (Lipinski definition) is 4. The van der Waals surface area contributed by atoms with Crippen LogP contribution in [0.2, 0.25) is 0 Å². The minimum Gasteiger partial charge on any atom is -0.371 e. The van der Waals surface area contributed by atoms with Crippen molar-refractivity contribution in [1.82, 2.24) is 5.32 Å². The Morgan fingerprint density at radius 1 is 1.00 bits per heavy atom. The summed E-state index contributed by atoms with van der Waals surface area (Å²) in [7, 11) is 0. The molecule has 3 aliphatic rings. The Balaban J connectivity index is 1.55. The lowest BCUT2D eigenvalue weighted by molar-refractivity contribution is -0.129. The van der Waals surface area contributed by atoms with Crippen LogP contribution < -0.4 is 15.1 Å². The number of benzene rings is 1. The minimum absolute atomic E-state index is 0.0569. The zero-order valence-electron chi connectivity index (χ0n) is 14.8. The van der Waals surface area contributed by atoms with E-state index in [4.69, 9.17) is 0 Å². The molecular formula is C20H27N3O2. The first-order valence-corrected chi connectivity index (χ1v) is 9.67. The smallest absolute Gasteiger partial charge is 0.233 e. The molecule has 2 saturated heterocycles. The second-order valence-electron chi connectivity index (χ2n) is 7.53. The molecule has 1 aromatic rings. The highest BCUT2D eigenvalue weighted by Crippen LogP contribution is 2.33. The predicted octanol–water partition coefficient (Wildman–Crippen LogP) is 2.48. The van der Waals surface area contributed by atoms with Gasteiger partial charge < -0.3 is 10.2 Å².